The predicted molar refractivity (Wildman–Crippen MR) is 78.2 cm³/mol. The third kappa shape index (κ3) is 4.58. The molecule has 0 aromatic heterocycles. The van der Waals surface area contributed by atoms with Crippen LogP contribution >= 0.6 is 0 Å². The number of hydrogen-bond acceptors (Lipinski definition) is 5. The summed E-state index contributed by atoms with van der Waals surface area (Å²) in [5.74, 6) is -0.511. The Bertz CT molecular complexity index is 552. The van der Waals surface area contributed by atoms with E-state index in [4.69, 9.17) is 9.47 Å². The Kier molecular flexibility index (Phi) is 5.52. The molecule has 0 atom stereocenters. The minimum absolute atomic E-state index is 0.0507. The number of nitrogens with zero attached hydrogens (tertiary/aromatic N) is 1. The smallest absolute Gasteiger partial charge is 0.309 e. The fourth-order valence-electron chi connectivity index (χ4n) is 2.09. The van der Waals surface area contributed by atoms with E-state index in [0.717, 1.165) is 10.5 Å². The van der Waals surface area contributed by atoms with Crippen molar-refractivity contribution in [3.63, 3.8) is 0 Å². The number of imide groups is 1. The minimum Gasteiger partial charge on any atom is -0.493 e. The summed E-state index contributed by atoms with van der Waals surface area (Å²) in [6.45, 7) is 2.17. The Labute approximate surface area is 129 Å². The summed E-state index contributed by atoms with van der Waals surface area (Å²) in [4.78, 5) is 35.7. The molecule has 1 aliphatic heterocycles. The number of hydrogen-bond donors (Lipinski definition) is 0. The van der Waals surface area contributed by atoms with Crippen molar-refractivity contribution in [2.45, 2.75) is 26.2 Å². The third-order valence-corrected chi connectivity index (χ3v) is 3.33. The number of likely N-dealkylation sites (tertiary alicyclic amines) is 1. The second kappa shape index (κ2) is 7.59. The van der Waals surface area contributed by atoms with Crippen LogP contribution in [0.3, 0.4) is 0 Å². The van der Waals surface area contributed by atoms with Crippen molar-refractivity contribution in [2.24, 2.45) is 0 Å². The zero-order chi connectivity index (χ0) is 15.9. The maximum atomic E-state index is 11.7. The molecule has 0 saturated carbocycles. The first kappa shape index (κ1) is 16.0. The molecule has 1 aromatic rings. The standard InChI is InChI=1S/C16H19NO5/c1-12-4-6-13(7-5-12)21-10-8-16(20)22-11-15(19)17-9-2-3-14(17)18/h4-7H,2-3,8-11H2,1H3. The molecule has 0 N–H and O–H groups in total. The zero-order valence-corrected chi connectivity index (χ0v) is 12.5. The number of benzene rings is 1. The molecule has 0 aliphatic carbocycles. The van der Waals surface area contributed by atoms with Gasteiger partial charge in [0.25, 0.3) is 5.91 Å². The van der Waals surface area contributed by atoms with Gasteiger partial charge >= 0.3 is 5.97 Å². The van der Waals surface area contributed by atoms with E-state index in [1.165, 1.54) is 0 Å². The van der Waals surface area contributed by atoms with Crippen LogP contribution in [-0.2, 0) is 19.1 Å². The van der Waals surface area contributed by atoms with Crippen molar-refractivity contribution in [3.05, 3.63) is 29.8 Å². The molecule has 1 heterocycles. The molecule has 0 radical (unpaired) electrons. The lowest BCUT2D eigenvalue weighted by atomic mass is 10.2. The highest BCUT2D eigenvalue weighted by molar-refractivity contribution is 5.97. The van der Waals surface area contributed by atoms with Crippen molar-refractivity contribution in [1.82, 2.24) is 4.90 Å². The Hall–Kier alpha value is -2.37. The van der Waals surface area contributed by atoms with Crippen molar-refractivity contribution < 1.29 is 23.9 Å². The largest absolute Gasteiger partial charge is 0.493 e. The van der Waals surface area contributed by atoms with E-state index in [1.807, 2.05) is 31.2 Å². The SMILES string of the molecule is Cc1ccc(OCCC(=O)OCC(=O)N2CCCC2=O)cc1. The van der Waals surface area contributed by atoms with Crippen molar-refractivity contribution in [1.29, 1.82) is 0 Å². The van der Waals surface area contributed by atoms with Gasteiger partial charge in [0, 0.05) is 13.0 Å². The van der Waals surface area contributed by atoms with Crippen LogP contribution in [0.5, 0.6) is 5.75 Å². The molecule has 6 heteroatoms. The summed E-state index contributed by atoms with van der Waals surface area (Å²) in [7, 11) is 0. The highest BCUT2D eigenvalue weighted by atomic mass is 16.5. The summed E-state index contributed by atoms with van der Waals surface area (Å²) in [5.41, 5.74) is 1.13. The van der Waals surface area contributed by atoms with Crippen LogP contribution in [-0.4, -0.2) is 42.4 Å². The first-order valence-corrected chi connectivity index (χ1v) is 7.24. The number of amides is 2. The first-order chi connectivity index (χ1) is 10.6. The van der Waals surface area contributed by atoms with E-state index >= 15 is 0 Å². The molecule has 2 rings (SSSR count). The third-order valence-electron chi connectivity index (χ3n) is 3.33. The van der Waals surface area contributed by atoms with Gasteiger partial charge in [0.05, 0.1) is 13.0 Å². The molecule has 118 valence electrons. The number of rotatable bonds is 6. The molecular formula is C16H19NO5. The van der Waals surface area contributed by atoms with E-state index in [9.17, 15) is 14.4 Å². The van der Waals surface area contributed by atoms with E-state index in [-0.39, 0.29) is 18.9 Å². The average Bonchev–Trinajstić information content (AvgIpc) is 2.93. The molecule has 0 unspecified atom stereocenters. The van der Waals surface area contributed by atoms with Crippen LogP contribution in [0.25, 0.3) is 0 Å². The molecule has 1 aliphatic rings. The quantitative estimate of drug-likeness (QED) is 0.744. The second-order valence-corrected chi connectivity index (χ2v) is 5.11. The van der Waals surface area contributed by atoms with E-state index < -0.39 is 18.5 Å². The monoisotopic (exact) mass is 305 g/mol. The summed E-state index contributed by atoms with van der Waals surface area (Å²) in [6, 6.07) is 7.48. The van der Waals surface area contributed by atoms with Crippen LogP contribution in [0.4, 0.5) is 0 Å². The topological polar surface area (TPSA) is 72.9 Å². The minimum atomic E-state index is -0.521. The van der Waals surface area contributed by atoms with Crippen molar-refractivity contribution in [2.75, 3.05) is 19.8 Å². The van der Waals surface area contributed by atoms with Gasteiger partial charge in [-0.25, -0.2) is 0 Å². The highest BCUT2D eigenvalue weighted by Gasteiger charge is 2.26. The summed E-state index contributed by atoms with van der Waals surface area (Å²) in [6.07, 6.45) is 1.10. The lowest BCUT2D eigenvalue weighted by Crippen LogP contribution is -2.35. The Morgan fingerprint density at radius 1 is 1.23 bits per heavy atom. The summed E-state index contributed by atoms with van der Waals surface area (Å²) >= 11 is 0. The molecule has 0 bridgehead atoms. The Balaban J connectivity index is 1.64. The van der Waals surface area contributed by atoms with E-state index in [0.29, 0.717) is 25.1 Å². The number of ether oxygens (including phenoxy) is 2. The van der Waals surface area contributed by atoms with Gasteiger partial charge in [0.15, 0.2) is 6.61 Å². The number of aryl methyl sites for hydroxylation is 1. The first-order valence-electron chi connectivity index (χ1n) is 7.24. The van der Waals surface area contributed by atoms with Gasteiger partial charge in [0.2, 0.25) is 5.91 Å². The Morgan fingerprint density at radius 2 is 1.95 bits per heavy atom. The van der Waals surface area contributed by atoms with Crippen LogP contribution in [0, 0.1) is 6.92 Å². The molecular weight excluding hydrogens is 286 g/mol. The van der Waals surface area contributed by atoms with Gasteiger partial charge in [0.1, 0.15) is 5.75 Å². The van der Waals surface area contributed by atoms with Gasteiger partial charge in [-0.05, 0) is 25.5 Å². The van der Waals surface area contributed by atoms with Gasteiger partial charge in [-0.2, -0.15) is 0 Å². The van der Waals surface area contributed by atoms with Crippen LogP contribution in [0.15, 0.2) is 24.3 Å². The fraction of sp³-hybridized carbons (Fsp3) is 0.438. The van der Waals surface area contributed by atoms with E-state index in [2.05, 4.69) is 0 Å². The molecule has 1 saturated heterocycles. The number of carbonyl (C=O) groups is 3. The number of carbonyl (C=O) groups excluding carboxylic acids is 3. The second-order valence-electron chi connectivity index (χ2n) is 5.11. The van der Waals surface area contributed by atoms with Crippen LogP contribution in [0.2, 0.25) is 0 Å². The zero-order valence-electron chi connectivity index (χ0n) is 12.5. The van der Waals surface area contributed by atoms with Gasteiger partial charge in [-0.1, -0.05) is 17.7 Å². The van der Waals surface area contributed by atoms with Crippen LogP contribution in [0.1, 0.15) is 24.8 Å². The van der Waals surface area contributed by atoms with E-state index in [1.54, 1.807) is 0 Å². The van der Waals surface area contributed by atoms with Crippen LogP contribution < -0.4 is 4.74 Å². The maximum Gasteiger partial charge on any atom is 0.309 e. The average molecular weight is 305 g/mol. The van der Waals surface area contributed by atoms with Crippen molar-refractivity contribution >= 4 is 17.8 Å². The fourth-order valence-corrected chi connectivity index (χ4v) is 2.09. The lowest BCUT2D eigenvalue weighted by molar-refractivity contribution is -0.155. The molecule has 0 spiro atoms. The van der Waals surface area contributed by atoms with Gasteiger partial charge in [-0.3, -0.25) is 19.3 Å². The summed E-state index contributed by atoms with van der Waals surface area (Å²) in [5, 5.41) is 0. The maximum absolute atomic E-state index is 11.7. The molecule has 2 amide bonds. The van der Waals surface area contributed by atoms with Crippen molar-refractivity contribution in [3.8, 4) is 5.75 Å². The molecule has 6 nitrogen and oxygen atoms in total. The Morgan fingerprint density at radius 3 is 2.59 bits per heavy atom. The molecule has 1 fully saturated rings. The highest BCUT2D eigenvalue weighted by Crippen LogP contribution is 2.12. The number of esters is 1. The predicted octanol–water partition coefficient (Wildman–Crippen LogP) is 1.46. The van der Waals surface area contributed by atoms with Gasteiger partial charge in [-0.15, -0.1) is 0 Å². The normalized spacial score (nSPS) is 14.0. The van der Waals surface area contributed by atoms with Gasteiger partial charge < -0.3 is 9.47 Å². The molecule has 22 heavy (non-hydrogen) atoms. The lowest BCUT2D eigenvalue weighted by Gasteiger charge is -2.13. The summed E-state index contributed by atoms with van der Waals surface area (Å²) < 4.78 is 10.3. The molecule has 1 aromatic carbocycles.